The smallest absolute Gasteiger partial charge is 0.368 e. The van der Waals surface area contributed by atoms with Crippen molar-refractivity contribution in [1.29, 1.82) is 0 Å². The van der Waals surface area contributed by atoms with E-state index in [0.717, 1.165) is 22.9 Å². The minimum absolute atomic E-state index is 0.244. The Morgan fingerprint density at radius 1 is 1.03 bits per heavy atom. The maximum atomic E-state index is 13.1. The highest BCUT2D eigenvalue weighted by atomic mass is 32.2. The van der Waals surface area contributed by atoms with Crippen molar-refractivity contribution in [2.45, 2.75) is 31.1 Å². The Hall–Kier alpha value is -2.79. The van der Waals surface area contributed by atoms with Crippen molar-refractivity contribution >= 4 is 27.3 Å². The zero-order valence-corrected chi connectivity index (χ0v) is 18.3. The molecule has 0 radical (unpaired) electrons. The number of hydrogen-bond donors (Lipinski definition) is 2. The van der Waals surface area contributed by atoms with Crippen LogP contribution >= 0.6 is 0 Å². The molecule has 0 aliphatic carbocycles. The van der Waals surface area contributed by atoms with E-state index in [1.54, 1.807) is 0 Å². The number of carbonyl (C=O) groups is 1. The number of aryl methyl sites for hydroxylation is 2. The second-order valence-corrected chi connectivity index (χ2v) is 9.69. The van der Waals surface area contributed by atoms with Crippen molar-refractivity contribution in [2.75, 3.05) is 36.4 Å². The van der Waals surface area contributed by atoms with E-state index in [-0.39, 0.29) is 10.6 Å². The molecule has 0 unspecified atom stereocenters. The van der Waals surface area contributed by atoms with E-state index in [0.29, 0.717) is 38.3 Å². The van der Waals surface area contributed by atoms with E-state index in [1.165, 1.54) is 4.90 Å². The molecule has 0 bridgehead atoms. The molecule has 172 valence electrons. The van der Waals surface area contributed by atoms with Crippen LogP contribution in [0.1, 0.15) is 16.7 Å². The van der Waals surface area contributed by atoms with Gasteiger partial charge in [-0.2, -0.15) is 17.9 Å². The maximum Gasteiger partial charge on any atom is 0.416 e. The summed E-state index contributed by atoms with van der Waals surface area (Å²) in [5, 5.41) is 2.63. The number of carbonyl (C=O) groups excluding carboxylic acids is 1. The molecule has 2 aromatic rings. The van der Waals surface area contributed by atoms with Gasteiger partial charge in [-0.15, -0.1) is 0 Å². The van der Waals surface area contributed by atoms with Crippen LogP contribution in [0.4, 0.5) is 24.5 Å². The van der Waals surface area contributed by atoms with Gasteiger partial charge < -0.3 is 15.1 Å². The van der Waals surface area contributed by atoms with Crippen LogP contribution in [-0.4, -0.2) is 51.6 Å². The predicted octanol–water partition coefficient (Wildman–Crippen LogP) is 2.70. The monoisotopic (exact) mass is 468 g/mol. The number of sulfonamides is 1. The minimum atomic E-state index is -4.63. The van der Waals surface area contributed by atoms with Gasteiger partial charge >= 0.3 is 6.18 Å². The molecule has 0 spiro atoms. The number of nitrogens with zero attached hydrogens (tertiary/aromatic N) is 2. The largest absolute Gasteiger partial charge is 0.416 e. The van der Waals surface area contributed by atoms with Gasteiger partial charge in [0.15, 0.2) is 6.17 Å². The number of piperazine rings is 1. The fraction of sp³-hybridized carbons (Fsp3) is 0.381. The van der Waals surface area contributed by atoms with Crippen LogP contribution in [0.5, 0.6) is 0 Å². The number of hydrogen-bond acceptors (Lipinski definition) is 5. The zero-order chi connectivity index (χ0) is 23.3. The van der Waals surface area contributed by atoms with Crippen molar-refractivity contribution in [1.82, 2.24) is 9.62 Å². The summed E-state index contributed by atoms with van der Waals surface area (Å²) in [5.74, 6) is -0.530. The van der Waals surface area contributed by atoms with Crippen LogP contribution in [0.25, 0.3) is 0 Å². The molecule has 4 rings (SSSR count). The molecular weight excluding hydrogens is 445 g/mol. The molecule has 2 aliphatic heterocycles. The maximum absolute atomic E-state index is 13.1. The van der Waals surface area contributed by atoms with E-state index in [9.17, 15) is 26.4 Å². The number of alkyl halides is 3. The van der Waals surface area contributed by atoms with E-state index < -0.39 is 33.8 Å². The molecule has 2 heterocycles. The predicted molar refractivity (Wildman–Crippen MR) is 114 cm³/mol. The minimum Gasteiger partial charge on any atom is -0.368 e. The van der Waals surface area contributed by atoms with Crippen LogP contribution in [0.3, 0.4) is 0 Å². The molecule has 11 heteroatoms. The first-order valence-corrected chi connectivity index (χ1v) is 11.6. The van der Waals surface area contributed by atoms with Crippen molar-refractivity contribution < 1.29 is 26.4 Å². The van der Waals surface area contributed by atoms with Gasteiger partial charge in [0, 0.05) is 31.9 Å². The molecule has 1 fully saturated rings. The number of fused-ring (bicyclic) bond motifs is 1. The molecule has 1 saturated heterocycles. The molecule has 2 N–H and O–H groups in total. The Morgan fingerprint density at radius 2 is 1.72 bits per heavy atom. The summed E-state index contributed by atoms with van der Waals surface area (Å²) >= 11 is 0. The van der Waals surface area contributed by atoms with Crippen molar-refractivity contribution in [3.05, 3.63) is 53.1 Å². The molecule has 0 aromatic heterocycles. The Bertz CT molecular complexity index is 1160. The molecule has 1 amide bonds. The quantitative estimate of drug-likeness (QED) is 0.709. The highest BCUT2D eigenvalue weighted by Gasteiger charge is 2.38. The Morgan fingerprint density at radius 3 is 2.38 bits per heavy atom. The SMILES string of the molecule is Cc1ccc(C)c(N2CCN(C(=O)[C@@H]3Nc4cc(C(F)(F)F)ccc4S(=O)(=O)N3)CC2)c1. The third-order valence-electron chi connectivity index (χ3n) is 5.71. The summed E-state index contributed by atoms with van der Waals surface area (Å²) in [4.78, 5) is 16.3. The van der Waals surface area contributed by atoms with Gasteiger partial charge in [0.2, 0.25) is 10.0 Å². The van der Waals surface area contributed by atoms with Crippen LogP contribution < -0.4 is 14.9 Å². The average Bonchev–Trinajstić information content (AvgIpc) is 2.73. The lowest BCUT2D eigenvalue weighted by Gasteiger charge is -2.39. The first-order chi connectivity index (χ1) is 15.0. The first kappa shape index (κ1) is 22.4. The molecule has 0 saturated carbocycles. The topological polar surface area (TPSA) is 81.8 Å². The van der Waals surface area contributed by atoms with Gasteiger partial charge in [-0.1, -0.05) is 12.1 Å². The van der Waals surface area contributed by atoms with E-state index >= 15 is 0 Å². The van der Waals surface area contributed by atoms with E-state index in [4.69, 9.17) is 0 Å². The highest BCUT2D eigenvalue weighted by Crippen LogP contribution is 2.35. The van der Waals surface area contributed by atoms with Gasteiger partial charge in [-0.3, -0.25) is 4.79 Å². The van der Waals surface area contributed by atoms with Crippen LogP contribution in [0.2, 0.25) is 0 Å². The van der Waals surface area contributed by atoms with Gasteiger partial charge in [0.05, 0.1) is 11.3 Å². The number of amides is 1. The number of benzene rings is 2. The summed E-state index contributed by atoms with van der Waals surface area (Å²) in [5.41, 5.74) is 2.10. The molecule has 2 aromatic carbocycles. The third-order valence-corrected chi connectivity index (χ3v) is 7.19. The molecule has 1 atom stereocenters. The summed E-state index contributed by atoms with van der Waals surface area (Å²) in [7, 11) is -4.14. The average molecular weight is 469 g/mol. The van der Waals surface area contributed by atoms with Crippen molar-refractivity contribution in [2.24, 2.45) is 0 Å². The van der Waals surface area contributed by atoms with Gasteiger partial charge in [0.25, 0.3) is 5.91 Å². The second kappa shape index (κ2) is 7.96. The standard InChI is InChI=1S/C21H23F3N4O3S/c1-13-3-4-14(2)17(11-13)27-7-9-28(10-8-27)20(29)19-25-16-12-15(21(22,23)24)5-6-18(16)32(30,31)26-19/h3-6,11-12,19,25-26H,7-10H2,1-2H3/t19-/m1/s1. The molecular formula is C21H23F3N4O3S. The summed E-state index contributed by atoms with van der Waals surface area (Å²) in [6.07, 6.45) is -6.00. The summed E-state index contributed by atoms with van der Waals surface area (Å²) in [6, 6.07) is 8.45. The van der Waals surface area contributed by atoms with Gasteiger partial charge in [-0.25, -0.2) is 8.42 Å². The lowest BCUT2D eigenvalue weighted by Crippen LogP contribution is -2.58. The summed E-state index contributed by atoms with van der Waals surface area (Å²) < 4.78 is 66.5. The Labute approximate surface area is 184 Å². The first-order valence-electron chi connectivity index (χ1n) is 10.1. The van der Waals surface area contributed by atoms with Crippen molar-refractivity contribution in [3.63, 3.8) is 0 Å². The molecule has 32 heavy (non-hydrogen) atoms. The number of anilines is 2. The Kier molecular flexibility index (Phi) is 5.58. The fourth-order valence-electron chi connectivity index (χ4n) is 3.98. The lowest BCUT2D eigenvalue weighted by molar-refractivity contribution is -0.137. The van der Waals surface area contributed by atoms with Crippen molar-refractivity contribution in [3.8, 4) is 0 Å². The zero-order valence-electron chi connectivity index (χ0n) is 17.5. The fourth-order valence-corrected chi connectivity index (χ4v) is 5.23. The normalized spacial score (nSPS) is 20.5. The van der Waals surface area contributed by atoms with Crippen LogP contribution in [-0.2, 0) is 21.0 Å². The third kappa shape index (κ3) is 4.26. The number of nitrogens with one attached hydrogen (secondary N) is 2. The number of rotatable bonds is 2. The molecule has 2 aliphatic rings. The molecule has 7 nitrogen and oxygen atoms in total. The van der Waals surface area contributed by atoms with E-state index in [1.807, 2.05) is 26.0 Å². The van der Waals surface area contributed by atoms with Gasteiger partial charge in [-0.05, 0) is 49.2 Å². The second-order valence-electron chi connectivity index (χ2n) is 8.01. The van der Waals surface area contributed by atoms with Crippen LogP contribution in [0, 0.1) is 13.8 Å². The van der Waals surface area contributed by atoms with E-state index in [2.05, 4.69) is 21.0 Å². The van der Waals surface area contributed by atoms with Crippen LogP contribution in [0.15, 0.2) is 41.3 Å². The van der Waals surface area contributed by atoms with Gasteiger partial charge in [0.1, 0.15) is 4.90 Å². The highest BCUT2D eigenvalue weighted by molar-refractivity contribution is 7.89. The lowest BCUT2D eigenvalue weighted by atomic mass is 10.1. The summed E-state index contributed by atoms with van der Waals surface area (Å²) in [6.45, 7) is 5.86. The number of halogens is 3. The Balaban J connectivity index is 1.49.